The van der Waals surface area contributed by atoms with Crippen molar-refractivity contribution in [2.24, 2.45) is 0 Å². The second kappa shape index (κ2) is 6.57. The Labute approximate surface area is 103 Å². The van der Waals surface area contributed by atoms with Crippen LogP contribution >= 0.6 is 0 Å². The molecule has 0 spiro atoms. The monoisotopic (exact) mass is 235 g/mol. The van der Waals surface area contributed by atoms with Gasteiger partial charge in [0.05, 0.1) is 0 Å². The first-order chi connectivity index (χ1) is 8.40. The van der Waals surface area contributed by atoms with Crippen molar-refractivity contribution in [1.82, 2.24) is 15.2 Å². The van der Waals surface area contributed by atoms with E-state index in [1.165, 1.54) is 25.9 Å². The highest BCUT2D eigenvalue weighted by Gasteiger charge is 2.11. The van der Waals surface area contributed by atoms with Crippen LogP contribution in [0.5, 0.6) is 5.75 Å². The number of ether oxygens (including phenoxy) is 1. The number of nitrogens with one attached hydrogen (secondary N) is 1. The van der Waals surface area contributed by atoms with Gasteiger partial charge in [-0.15, -0.1) is 0 Å². The summed E-state index contributed by atoms with van der Waals surface area (Å²) in [6, 6.07) is 1.94. The quantitative estimate of drug-likeness (QED) is 0.806. The van der Waals surface area contributed by atoms with E-state index >= 15 is 0 Å². The van der Waals surface area contributed by atoms with E-state index < -0.39 is 0 Å². The normalized spacial score (nSPS) is 16.3. The zero-order chi connectivity index (χ0) is 11.9. The third-order valence-corrected chi connectivity index (χ3v) is 3.09. The molecule has 0 aromatic carbocycles. The Morgan fingerprint density at radius 2 is 2.24 bits per heavy atom. The van der Waals surface area contributed by atoms with Crippen molar-refractivity contribution >= 4 is 0 Å². The van der Waals surface area contributed by atoms with Crippen LogP contribution in [0.15, 0.2) is 18.5 Å². The van der Waals surface area contributed by atoms with E-state index in [2.05, 4.69) is 15.2 Å². The smallest absolute Gasteiger partial charge is 0.126 e. The number of aromatic nitrogens is 1. The Hall–Kier alpha value is -1.13. The summed E-state index contributed by atoms with van der Waals surface area (Å²) in [4.78, 5) is 6.58. The van der Waals surface area contributed by atoms with Crippen LogP contribution in [-0.2, 0) is 6.54 Å². The van der Waals surface area contributed by atoms with Gasteiger partial charge in [-0.1, -0.05) is 0 Å². The molecule has 0 radical (unpaired) electrons. The lowest BCUT2D eigenvalue weighted by molar-refractivity contribution is 0.236. The number of nitrogens with zero attached hydrogens (tertiary/aromatic N) is 2. The molecule has 0 saturated carbocycles. The second-order valence-corrected chi connectivity index (χ2v) is 4.41. The average molecular weight is 235 g/mol. The molecule has 4 nitrogen and oxygen atoms in total. The molecule has 1 fully saturated rings. The van der Waals surface area contributed by atoms with E-state index in [0.29, 0.717) is 0 Å². The topological polar surface area (TPSA) is 37.4 Å². The van der Waals surface area contributed by atoms with E-state index in [9.17, 15) is 0 Å². The fourth-order valence-corrected chi connectivity index (χ4v) is 2.17. The van der Waals surface area contributed by atoms with Crippen molar-refractivity contribution < 1.29 is 4.74 Å². The zero-order valence-electron chi connectivity index (χ0n) is 10.5. The highest BCUT2D eigenvalue weighted by Crippen LogP contribution is 2.16. The summed E-state index contributed by atoms with van der Waals surface area (Å²) in [5, 5.41) is 3.13. The first-order valence-corrected chi connectivity index (χ1v) is 6.33. The van der Waals surface area contributed by atoms with Crippen LogP contribution in [0.3, 0.4) is 0 Å². The summed E-state index contributed by atoms with van der Waals surface area (Å²) in [5.74, 6) is 0.952. The lowest BCUT2D eigenvalue weighted by Crippen LogP contribution is -2.25. The van der Waals surface area contributed by atoms with Gasteiger partial charge < -0.3 is 10.1 Å². The van der Waals surface area contributed by atoms with Crippen LogP contribution in [0.2, 0.25) is 0 Å². The van der Waals surface area contributed by atoms with E-state index in [4.69, 9.17) is 4.74 Å². The van der Waals surface area contributed by atoms with Crippen molar-refractivity contribution in [3.8, 4) is 5.75 Å². The van der Waals surface area contributed by atoms with Gasteiger partial charge in [0.25, 0.3) is 0 Å². The van der Waals surface area contributed by atoms with Gasteiger partial charge in [-0.05, 0) is 39.0 Å². The van der Waals surface area contributed by atoms with Gasteiger partial charge >= 0.3 is 0 Å². The summed E-state index contributed by atoms with van der Waals surface area (Å²) in [6.45, 7) is 5.04. The Kier molecular flexibility index (Phi) is 4.76. The van der Waals surface area contributed by atoms with E-state index in [-0.39, 0.29) is 0 Å². The molecule has 94 valence electrons. The Morgan fingerprint density at radius 3 is 3.00 bits per heavy atom. The van der Waals surface area contributed by atoms with Gasteiger partial charge in [0.2, 0.25) is 0 Å². The fraction of sp³-hybridized carbons (Fsp3) is 0.615. The molecule has 0 aliphatic carbocycles. The predicted molar refractivity (Wildman–Crippen MR) is 68.2 cm³/mol. The molecule has 1 aromatic heterocycles. The van der Waals surface area contributed by atoms with E-state index in [0.717, 1.165) is 31.0 Å². The molecule has 1 saturated heterocycles. The first-order valence-electron chi connectivity index (χ1n) is 6.33. The van der Waals surface area contributed by atoms with Gasteiger partial charge in [0.15, 0.2) is 0 Å². The number of hydrogen-bond donors (Lipinski definition) is 1. The van der Waals surface area contributed by atoms with Crippen LogP contribution in [-0.4, -0.2) is 43.2 Å². The predicted octanol–water partition coefficient (Wildman–Crippen LogP) is 1.28. The molecule has 0 unspecified atom stereocenters. The van der Waals surface area contributed by atoms with E-state index in [1.54, 1.807) is 6.20 Å². The SMILES string of the molecule is CNCc1cnccc1OCCN1CCCC1. The standard InChI is InChI=1S/C13H21N3O/c1-14-10-12-11-15-5-4-13(12)17-9-8-16-6-2-3-7-16/h4-5,11,14H,2-3,6-10H2,1H3. The van der Waals surface area contributed by atoms with Gasteiger partial charge in [-0.3, -0.25) is 9.88 Å². The molecule has 0 atom stereocenters. The van der Waals surface area contributed by atoms with Crippen molar-refractivity contribution in [1.29, 1.82) is 0 Å². The van der Waals surface area contributed by atoms with Gasteiger partial charge in [0.1, 0.15) is 12.4 Å². The third kappa shape index (κ3) is 3.68. The van der Waals surface area contributed by atoms with Crippen molar-refractivity contribution in [2.45, 2.75) is 19.4 Å². The second-order valence-electron chi connectivity index (χ2n) is 4.41. The molecular weight excluding hydrogens is 214 g/mol. The lowest BCUT2D eigenvalue weighted by atomic mass is 10.2. The number of pyridine rings is 1. The molecule has 4 heteroatoms. The summed E-state index contributed by atoms with van der Waals surface area (Å²) < 4.78 is 5.83. The minimum atomic E-state index is 0.765. The molecule has 17 heavy (non-hydrogen) atoms. The molecule has 0 amide bonds. The van der Waals surface area contributed by atoms with E-state index in [1.807, 2.05) is 19.3 Å². The molecule has 2 rings (SSSR count). The molecule has 1 aliphatic heterocycles. The fourth-order valence-electron chi connectivity index (χ4n) is 2.17. The number of likely N-dealkylation sites (tertiary alicyclic amines) is 1. The van der Waals surface area contributed by atoms with Crippen molar-refractivity contribution in [3.05, 3.63) is 24.0 Å². The highest BCUT2D eigenvalue weighted by atomic mass is 16.5. The minimum Gasteiger partial charge on any atom is -0.492 e. The zero-order valence-corrected chi connectivity index (χ0v) is 10.5. The summed E-state index contributed by atoms with van der Waals surface area (Å²) in [7, 11) is 1.93. The summed E-state index contributed by atoms with van der Waals surface area (Å²) in [5.41, 5.74) is 1.12. The Bertz CT molecular complexity index is 337. The molecule has 2 heterocycles. The maximum absolute atomic E-state index is 5.83. The van der Waals surface area contributed by atoms with Crippen LogP contribution in [0.25, 0.3) is 0 Å². The third-order valence-electron chi connectivity index (χ3n) is 3.09. The molecule has 1 N–H and O–H groups in total. The highest BCUT2D eigenvalue weighted by molar-refractivity contribution is 5.29. The van der Waals surface area contributed by atoms with Crippen molar-refractivity contribution in [3.63, 3.8) is 0 Å². The molecule has 1 aromatic rings. The summed E-state index contributed by atoms with van der Waals surface area (Å²) in [6.07, 6.45) is 6.31. The largest absolute Gasteiger partial charge is 0.492 e. The average Bonchev–Trinajstić information content (AvgIpc) is 2.85. The van der Waals surface area contributed by atoms with Crippen LogP contribution in [0.4, 0.5) is 0 Å². The maximum atomic E-state index is 5.83. The number of hydrogen-bond acceptors (Lipinski definition) is 4. The Balaban J connectivity index is 1.80. The molecule has 1 aliphatic rings. The lowest BCUT2D eigenvalue weighted by Gasteiger charge is -2.16. The van der Waals surface area contributed by atoms with Gasteiger partial charge in [-0.2, -0.15) is 0 Å². The Morgan fingerprint density at radius 1 is 1.41 bits per heavy atom. The molecular formula is C13H21N3O. The van der Waals surface area contributed by atoms with Crippen LogP contribution in [0.1, 0.15) is 18.4 Å². The van der Waals surface area contributed by atoms with Gasteiger partial charge in [0, 0.05) is 31.0 Å². The minimum absolute atomic E-state index is 0.765. The number of rotatable bonds is 6. The van der Waals surface area contributed by atoms with Crippen LogP contribution < -0.4 is 10.1 Å². The van der Waals surface area contributed by atoms with Gasteiger partial charge in [-0.25, -0.2) is 0 Å². The van der Waals surface area contributed by atoms with Crippen LogP contribution in [0, 0.1) is 0 Å². The first kappa shape index (κ1) is 12.3. The molecule has 0 bridgehead atoms. The van der Waals surface area contributed by atoms with Crippen molar-refractivity contribution in [2.75, 3.05) is 33.3 Å². The summed E-state index contributed by atoms with van der Waals surface area (Å²) >= 11 is 0. The maximum Gasteiger partial charge on any atom is 0.126 e.